The van der Waals surface area contributed by atoms with E-state index in [1.54, 1.807) is 13.1 Å². The summed E-state index contributed by atoms with van der Waals surface area (Å²) in [5.41, 5.74) is 4.84. The molecule has 0 aliphatic heterocycles. The molecule has 3 rings (SSSR count). The maximum absolute atomic E-state index is 13.5. The van der Waals surface area contributed by atoms with Crippen molar-refractivity contribution in [3.05, 3.63) is 76.9 Å². The zero-order chi connectivity index (χ0) is 20.1. The molecular weight excluding hydrogens is 484 g/mol. The van der Waals surface area contributed by atoms with E-state index in [0.29, 0.717) is 24.6 Å². The fourth-order valence-electron chi connectivity index (χ4n) is 2.99. The third-order valence-electron chi connectivity index (χ3n) is 4.37. The van der Waals surface area contributed by atoms with Gasteiger partial charge in [0, 0.05) is 25.8 Å². The fourth-order valence-corrected chi connectivity index (χ4v) is 2.99. The van der Waals surface area contributed by atoms with Gasteiger partial charge in [-0.1, -0.05) is 24.3 Å². The minimum atomic E-state index is -0.638. The Labute approximate surface area is 186 Å². The number of hydrogen-bond acceptors (Lipinski definition) is 3. The highest BCUT2D eigenvalue weighted by Gasteiger charge is 2.09. The normalized spacial score (nSPS) is 11.1. The van der Waals surface area contributed by atoms with Crippen LogP contribution in [0.3, 0.4) is 0 Å². The minimum absolute atomic E-state index is 0. The first-order valence-corrected chi connectivity index (χ1v) is 9.01. The number of benzene rings is 2. The van der Waals surface area contributed by atoms with Gasteiger partial charge in [0.05, 0.1) is 11.4 Å². The van der Waals surface area contributed by atoms with E-state index in [-0.39, 0.29) is 29.7 Å². The van der Waals surface area contributed by atoms with Crippen LogP contribution in [0, 0.1) is 19.7 Å². The Hall–Kier alpha value is -2.62. The number of aromatic hydroxyl groups is 1. The van der Waals surface area contributed by atoms with Gasteiger partial charge in [-0.2, -0.15) is 5.10 Å². The summed E-state index contributed by atoms with van der Waals surface area (Å²) in [5, 5.41) is 20.3. The van der Waals surface area contributed by atoms with Gasteiger partial charge in [-0.25, -0.2) is 9.07 Å². The SMILES string of the molecule is CN=C(NCc1ccc(O)c(F)c1)NCc1ccccc1-n1nc(C)cc1C.I. The maximum Gasteiger partial charge on any atom is 0.191 e. The molecule has 0 aliphatic rings. The maximum atomic E-state index is 13.5. The molecular formula is C21H25FIN5O. The van der Waals surface area contributed by atoms with Crippen molar-refractivity contribution in [3.8, 4) is 11.4 Å². The zero-order valence-electron chi connectivity index (χ0n) is 16.6. The number of phenols is 1. The lowest BCUT2D eigenvalue weighted by Crippen LogP contribution is -2.36. The van der Waals surface area contributed by atoms with Gasteiger partial charge in [0.2, 0.25) is 0 Å². The van der Waals surface area contributed by atoms with E-state index >= 15 is 0 Å². The molecule has 6 nitrogen and oxygen atoms in total. The molecule has 0 fully saturated rings. The number of aromatic nitrogens is 2. The number of halogens is 2. The van der Waals surface area contributed by atoms with E-state index in [2.05, 4.69) is 20.7 Å². The first kappa shape index (κ1) is 22.7. The highest BCUT2D eigenvalue weighted by Crippen LogP contribution is 2.17. The van der Waals surface area contributed by atoms with E-state index in [1.807, 2.05) is 48.9 Å². The molecule has 3 N–H and O–H groups in total. The van der Waals surface area contributed by atoms with Gasteiger partial charge in [0.25, 0.3) is 0 Å². The third-order valence-corrected chi connectivity index (χ3v) is 4.37. The average Bonchev–Trinajstić information content (AvgIpc) is 3.03. The van der Waals surface area contributed by atoms with Crippen LogP contribution in [0.5, 0.6) is 5.75 Å². The molecule has 8 heteroatoms. The molecule has 0 spiro atoms. The molecule has 0 unspecified atom stereocenters. The highest BCUT2D eigenvalue weighted by molar-refractivity contribution is 14.0. The molecule has 2 aromatic carbocycles. The Morgan fingerprint density at radius 3 is 2.48 bits per heavy atom. The first-order valence-electron chi connectivity index (χ1n) is 9.01. The molecule has 0 aliphatic carbocycles. The van der Waals surface area contributed by atoms with E-state index in [9.17, 15) is 9.50 Å². The summed E-state index contributed by atoms with van der Waals surface area (Å²) in [6.07, 6.45) is 0. The molecule has 0 bridgehead atoms. The Morgan fingerprint density at radius 1 is 1.10 bits per heavy atom. The molecule has 1 aromatic heterocycles. The summed E-state index contributed by atoms with van der Waals surface area (Å²) >= 11 is 0. The van der Waals surface area contributed by atoms with Crippen LogP contribution in [0.15, 0.2) is 53.5 Å². The second kappa shape index (κ2) is 10.2. The van der Waals surface area contributed by atoms with Crippen LogP contribution in [0.4, 0.5) is 4.39 Å². The summed E-state index contributed by atoms with van der Waals surface area (Å²) < 4.78 is 15.4. The van der Waals surface area contributed by atoms with Crippen LogP contribution < -0.4 is 10.6 Å². The molecule has 154 valence electrons. The predicted octanol–water partition coefficient (Wildman–Crippen LogP) is 3.82. The van der Waals surface area contributed by atoms with Crippen molar-refractivity contribution in [1.29, 1.82) is 0 Å². The van der Waals surface area contributed by atoms with Gasteiger partial charge >= 0.3 is 0 Å². The second-order valence-electron chi connectivity index (χ2n) is 6.53. The lowest BCUT2D eigenvalue weighted by atomic mass is 10.1. The van der Waals surface area contributed by atoms with Gasteiger partial charge in [-0.3, -0.25) is 4.99 Å². The van der Waals surface area contributed by atoms with E-state index < -0.39 is 5.82 Å². The Kier molecular flexibility index (Phi) is 8.00. The summed E-state index contributed by atoms with van der Waals surface area (Å²) in [6, 6.07) is 14.4. The molecule has 0 saturated heterocycles. The van der Waals surface area contributed by atoms with Crippen LogP contribution in [0.1, 0.15) is 22.5 Å². The Bertz CT molecular complexity index is 1000. The minimum Gasteiger partial charge on any atom is -0.505 e. The van der Waals surface area contributed by atoms with Crippen molar-refractivity contribution >= 4 is 29.9 Å². The number of hydrogen-bond donors (Lipinski definition) is 3. The Morgan fingerprint density at radius 2 is 1.83 bits per heavy atom. The number of nitrogens with one attached hydrogen (secondary N) is 2. The van der Waals surface area contributed by atoms with Crippen molar-refractivity contribution in [2.24, 2.45) is 4.99 Å². The molecule has 3 aromatic rings. The smallest absolute Gasteiger partial charge is 0.191 e. The van der Waals surface area contributed by atoms with Gasteiger partial charge in [0.1, 0.15) is 0 Å². The van der Waals surface area contributed by atoms with Crippen molar-refractivity contribution in [1.82, 2.24) is 20.4 Å². The lowest BCUT2D eigenvalue weighted by molar-refractivity contribution is 0.431. The highest BCUT2D eigenvalue weighted by atomic mass is 127. The van der Waals surface area contributed by atoms with Crippen LogP contribution >= 0.6 is 24.0 Å². The van der Waals surface area contributed by atoms with Crippen LogP contribution in [0.2, 0.25) is 0 Å². The van der Waals surface area contributed by atoms with Crippen LogP contribution in [0.25, 0.3) is 5.69 Å². The Balaban J connectivity index is 0.00000300. The van der Waals surface area contributed by atoms with Crippen molar-refractivity contribution in [3.63, 3.8) is 0 Å². The molecule has 0 amide bonds. The quantitative estimate of drug-likeness (QED) is 0.278. The van der Waals surface area contributed by atoms with Crippen LogP contribution in [-0.4, -0.2) is 27.9 Å². The molecule has 29 heavy (non-hydrogen) atoms. The van der Waals surface area contributed by atoms with E-state index in [0.717, 1.165) is 22.6 Å². The number of phenolic OH excluding ortho intramolecular Hbond substituents is 1. The molecule has 0 saturated carbocycles. The number of rotatable bonds is 5. The second-order valence-corrected chi connectivity index (χ2v) is 6.53. The average molecular weight is 509 g/mol. The largest absolute Gasteiger partial charge is 0.505 e. The number of aryl methyl sites for hydroxylation is 2. The lowest BCUT2D eigenvalue weighted by Gasteiger charge is -2.15. The molecule has 0 radical (unpaired) electrons. The van der Waals surface area contributed by atoms with Crippen LogP contribution in [-0.2, 0) is 13.1 Å². The van der Waals surface area contributed by atoms with Gasteiger partial charge < -0.3 is 15.7 Å². The van der Waals surface area contributed by atoms with Gasteiger partial charge in [-0.05, 0) is 49.2 Å². The molecule has 1 heterocycles. The number of aliphatic imine (C=N–C) groups is 1. The van der Waals surface area contributed by atoms with Crippen molar-refractivity contribution in [2.75, 3.05) is 7.05 Å². The molecule has 0 atom stereocenters. The fraction of sp³-hybridized carbons (Fsp3) is 0.238. The number of guanidine groups is 1. The van der Waals surface area contributed by atoms with E-state index in [1.165, 1.54) is 12.1 Å². The van der Waals surface area contributed by atoms with E-state index in [4.69, 9.17) is 0 Å². The summed E-state index contributed by atoms with van der Waals surface area (Å²) in [4.78, 5) is 4.21. The van der Waals surface area contributed by atoms with Gasteiger partial charge in [-0.15, -0.1) is 24.0 Å². The zero-order valence-corrected chi connectivity index (χ0v) is 18.9. The monoisotopic (exact) mass is 509 g/mol. The number of nitrogens with zero attached hydrogens (tertiary/aromatic N) is 3. The first-order chi connectivity index (χ1) is 13.5. The standard InChI is InChI=1S/C21H24FN5O.HI/c1-14-10-15(2)27(26-14)19-7-5-4-6-17(19)13-25-21(23-3)24-12-16-8-9-20(28)18(22)11-16;/h4-11,28H,12-13H2,1-3H3,(H2,23,24,25);1H. The topological polar surface area (TPSA) is 74.5 Å². The number of para-hydroxylation sites is 1. The summed E-state index contributed by atoms with van der Waals surface area (Å²) in [7, 11) is 1.68. The third kappa shape index (κ3) is 5.69. The van der Waals surface area contributed by atoms with Crippen molar-refractivity contribution < 1.29 is 9.50 Å². The summed E-state index contributed by atoms with van der Waals surface area (Å²) in [5.74, 6) is -0.398. The van der Waals surface area contributed by atoms with Gasteiger partial charge in [0.15, 0.2) is 17.5 Å². The predicted molar refractivity (Wildman–Crippen MR) is 124 cm³/mol. The summed E-state index contributed by atoms with van der Waals surface area (Å²) in [6.45, 7) is 4.94. The van der Waals surface area contributed by atoms with Crippen molar-refractivity contribution in [2.45, 2.75) is 26.9 Å².